The first-order valence-corrected chi connectivity index (χ1v) is 14.9. The molecule has 2 heterocycles. The van der Waals surface area contributed by atoms with Gasteiger partial charge in [-0.2, -0.15) is 4.31 Å². The molecule has 32 heavy (non-hydrogen) atoms. The van der Waals surface area contributed by atoms with E-state index in [1.807, 2.05) is 37.1 Å². The molecule has 0 radical (unpaired) electrons. The molecule has 0 bridgehead atoms. The predicted molar refractivity (Wildman–Crippen MR) is 145 cm³/mol. The number of hydrogen-bond acceptors (Lipinski definition) is 4. The number of allylic oxidation sites excluding steroid dienone is 4. The standard InChI is InChI=1S/C23H31N2O3PS.CH3I/c1-5-10-22(16(3)6-2)30(27,28)25-20-13-19(17-11-8-7-9-12-17)24(4)15-18(20)21(26)14-23(25)29;1-2/h5-12,18-20,23H,1,13-15,29H2,2-4H3;1H3/b16-6-,22-10+;/t18-,19?,20+,23?;/m1./s1. The van der Waals surface area contributed by atoms with Gasteiger partial charge in [0.25, 0.3) is 0 Å². The molecule has 2 aliphatic rings. The van der Waals surface area contributed by atoms with Gasteiger partial charge in [0, 0.05) is 36.8 Å². The molecule has 0 amide bonds. The zero-order valence-corrected chi connectivity index (χ0v) is 23.4. The summed E-state index contributed by atoms with van der Waals surface area (Å²) < 4.78 is 29.2. The number of hydrogen-bond donors (Lipinski definition) is 0. The van der Waals surface area contributed by atoms with Crippen molar-refractivity contribution in [1.82, 2.24) is 9.21 Å². The summed E-state index contributed by atoms with van der Waals surface area (Å²) in [5.41, 5.74) is 1.81. The van der Waals surface area contributed by atoms with E-state index in [2.05, 4.69) is 55.4 Å². The lowest BCUT2D eigenvalue weighted by Crippen LogP contribution is -2.61. The van der Waals surface area contributed by atoms with Crippen LogP contribution in [0.25, 0.3) is 0 Å². The molecule has 5 nitrogen and oxygen atoms in total. The SMILES string of the molecule is C=C/C=C(\C(C)=C/C)S(=O)(=O)N1C(P)CC(=O)[C@@H]2CN(C)C(c3ccccc3)C[C@@H]21.CI. The maximum absolute atomic E-state index is 13.8. The molecule has 5 atom stereocenters. The highest BCUT2D eigenvalue weighted by Gasteiger charge is 2.51. The number of Topliss-reactive ketones (excluding diaryl/α,β-unsaturated/α-hetero) is 1. The molecule has 0 aliphatic carbocycles. The molecule has 0 aromatic heterocycles. The molecule has 3 rings (SSSR count). The average molecular weight is 588 g/mol. The smallest absolute Gasteiger partial charge is 0.244 e. The minimum atomic E-state index is -3.80. The zero-order chi connectivity index (χ0) is 24.1. The summed E-state index contributed by atoms with van der Waals surface area (Å²) in [5, 5.41) is 0. The van der Waals surface area contributed by atoms with Crippen LogP contribution < -0.4 is 0 Å². The number of halogens is 1. The van der Waals surface area contributed by atoms with E-state index in [1.54, 1.807) is 23.4 Å². The van der Waals surface area contributed by atoms with Crippen LogP contribution in [-0.2, 0) is 14.8 Å². The molecule has 0 spiro atoms. The maximum Gasteiger partial charge on any atom is 0.244 e. The van der Waals surface area contributed by atoms with Gasteiger partial charge in [0.05, 0.1) is 4.91 Å². The summed E-state index contributed by atoms with van der Waals surface area (Å²) >= 11 is 2.15. The molecule has 2 fully saturated rings. The lowest BCUT2D eigenvalue weighted by atomic mass is 9.80. The number of carbonyl (C=O) groups excluding carboxylic acids is 1. The third-order valence-corrected chi connectivity index (χ3v) is 9.14. The van der Waals surface area contributed by atoms with Gasteiger partial charge in [-0.05, 0) is 49.5 Å². The first kappa shape index (κ1) is 27.4. The molecule has 0 N–H and O–H groups in total. The number of alkyl halides is 1. The number of carbonyl (C=O) groups is 1. The molecule has 1 aromatic carbocycles. The Balaban J connectivity index is 0.00000176. The number of rotatable bonds is 5. The summed E-state index contributed by atoms with van der Waals surface area (Å²) in [5.74, 6) is -0.638. The number of nitrogens with zero attached hydrogens (tertiary/aromatic N) is 2. The minimum absolute atomic E-state index is 0.0582. The van der Waals surface area contributed by atoms with Gasteiger partial charge in [-0.25, -0.2) is 8.42 Å². The van der Waals surface area contributed by atoms with Crippen molar-refractivity contribution in [1.29, 1.82) is 0 Å². The van der Waals surface area contributed by atoms with Crippen molar-refractivity contribution in [2.75, 3.05) is 18.5 Å². The van der Waals surface area contributed by atoms with E-state index in [-0.39, 0.29) is 35.1 Å². The van der Waals surface area contributed by atoms with Crippen LogP contribution >= 0.6 is 31.8 Å². The molecule has 2 aliphatic heterocycles. The van der Waals surface area contributed by atoms with Crippen LogP contribution in [0.1, 0.15) is 38.3 Å². The lowest BCUT2D eigenvalue weighted by Gasteiger charge is -2.50. The third kappa shape index (κ3) is 5.61. The molecule has 3 unspecified atom stereocenters. The Hall–Kier alpha value is -0.860. The van der Waals surface area contributed by atoms with Crippen LogP contribution in [0.3, 0.4) is 0 Å². The van der Waals surface area contributed by atoms with Gasteiger partial charge in [0.1, 0.15) is 5.78 Å². The van der Waals surface area contributed by atoms with Crippen molar-refractivity contribution in [3.05, 3.63) is 71.2 Å². The molecular weight excluding hydrogens is 554 g/mol. The summed E-state index contributed by atoms with van der Waals surface area (Å²) in [6.07, 6.45) is 5.64. The van der Waals surface area contributed by atoms with Crippen LogP contribution in [0.2, 0.25) is 0 Å². The summed E-state index contributed by atoms with van der Waals surface area (Å²) in [4.78, 5) is 17.3. The summed E-state index contributed by atoms with van der Waals surface area (Å²) in [6.45, 7) is 7.86. The van der Waals surface area contributed by atoms with Gasteiger partial charge in [-0.15, -0.1) is 9.24 Å². The van der Waals surface area contributed by atoms with E-state index >= 15 is 0 Å². The van der Waals surface area contributed by atoms with Crippen LogP contribution in [0.15, 0.2) is 65.6 Å². The fraction of sp³-hybridized carbons (Fsp3) is 0.458. The van der Waals surface area contributed by atoms with Gasteiger partial charge in [-0.1, -0.05) is 71.7 Å². The van der Waals surface area contributed by atoms with Gasteiger partial charge < -0.3 is 0 Å². The largest absolute Gasteiger partial charge is 0.299 e. The van der Waals surface area contributed by atoms with Gasteiger partial charge >= 0.3 is 0 Å². The average Bonchev–Trinajstić information content (AvgIpc) is 2.78. The Bertz CT molecular complexity index is 978. The fourth-order valence-corrected chi connectivity index (χ4v) is 7.60. The number of benzene rings is 1. The fourth-order valence-electron chi connectivity index (χ4n) is 4.63. The van der Waals surface area contributed by atoms with Crippen LogP contribution in [0.4, 0.5) is 0 Å². The van der Waals surface area contributed by atoms with Gasteiger partial charge in [0.2, 0.25) is 10.0 Å². The number of fused-ring (bicyclic) bond motifs is 1. The number of likely N-dealkylation sites (tertiary alicyclic amines) is 1. The highest BCUT2D eigenvalue weighted by Crippen LogP contribution is 2.43. The zero-order valence-electron chi connectivity index (χ0n) is 19.2. The number of ketones is 1. The summed E-state index contributed by atoms with van der Waals surface area (Å²) in [7, 11) is 0.800. The lowest BCUT2D eigenvalue weighted by molar-refractivity contribution is -0.131. The van der Waals surface area contributed by atoms with Crippen molar-refractivity contribution >= 4 is 47.6 Å². The molecule has 2 saturated heterocycles. The van der Waals surface area contributed by atoms with Crippen molar-refractivity contribution in [3.8, 4) is 0 Å². The second kappa shape index (κ2) is 12.0. The van der Waals surface area contributed by atoms with E-state index in [0.717, 1.165) is 5.56 Å². The normalized spacial score (nSPS) is 27.9. The number of piperidine rings is 2. The highest BCUT2D eigenvalue weighted by molar-refractivity contribution is 14.1. The molecule has 1 aromatic rings. The van der Waals surface area contributed by atoms with Gasteiger partial charge in [-0.3, -0.25) is 9.69 Å². The monoisotopic (exact) mass is 588 g/mol. The Morgan fingerprint density at radius 1 is 1.25 bits per heavy atom. The van der Waals surface area contributed by atoms with Crippen molar-refractivity contribution in [2.45, 2.75) is 44.6 Å². The topological polar surface area (TPSA) is 57.7 Å². The molecule has 8 heteroatoms. The second-order valence-corrected chi connectivity index (χ2v) is 10.7. The quantitative estimate of drug-likeness (QED) is 0.212. The maximum atomic E-state index is 13.8. The van der Waals surface area contributed by atoms with Gasteiger partial charge in [0.15, 0.2) is 0 Å². The molecule has 176 valence electrons. The predicted octanol–water partition coefficient (Wildman–Crippen LogP) is 4.94. The van der Waals surface area contributed by atoms with E-state index in [9.17, 15) is 13.2 Å². The van der Waals surface area contributed by atoms with E-state index in [0.29, 0.717) is 18.5 Å². The van der Waals surface area contributed by atoms with E-state index < -0.39 is 15.8 Å². The van der Waals surface area contributed by atoms with Crippen molar-refractivity contribution in [3.63, 3.8) is 0 Å². The molecular formula is C24H34IN2O3PS. The Morgan fingerprint density at radius 2 is 1.88 bits per heavy atom. The Labute approximate surface area is 209 Å². The number of sulfonamides is 1. The Morgan fingerprint density at radius 3 is 2.44 bits per heavy atom. The van der Waals surface area contributed by atoms with E-state index in [4.69, 9.17) is 0 Å². The van der Waals surface area contributed by atoms with E-state index in [1.165, 1.54) is 6.08 Å². The van der Waals surface area contributed by atoms with Crippen LogP contribution in [-0.4, -0.2) is 53.8 Å². The highest BCUT2D eigenvalue weighted by atomic mass is 127. The second-order valence-electron chi connectivity index (χ2n) is 8.09. The third-order valence-electron chi connectivity index (χ3n) is 6.25. The van der Waals surface area contributed by atoms with Crippen molar-refractivity contribution < 1.29 is 13.2 Å². The van der Waals surface area contributed by atoms with Crippen LogP contribution in [0.5, 0.6) is 0 Å². The van der Waals surface area contributed by atoms with Crippen LogP contribution in [0, 0.1) is 5.92 Å². The minimum Gasteiger partial charge on any atom is -0.299 e. The van der Waals surface area contributed by atoms with Crippen molar-refractivity contribution in [2.24, 2.45) is 5.92 Å². The molecule has 0 saturated carbocycles. The first-order chi connectivity index (χ1) is 15.2. The summed E-state index contributed by atoms with van der Waals surface area (Å²) in [6, 6.07) is 9.78. The first-order valence-electron chi connectivity index (χ1n) is 10.6. The Kier molecular flexibility index (Phi) is 10.3.